The van der Waals surface area contributed by atoms with Crippen LogP contribution in [0, 0.1) is 6.92 Å². The molecule has 0 aliphatic heterocycles. The van der Waals surface area contributed by atoms with Crippen molar-refractivity contribution in [2.45, 2.75) is 39.9 Å². The van der Waals surface area contributed by atoms with Crippen LogP contribution in [0.3, 0.4) is 0 Å². The van der Waals surface area contributed by atoms with Gasteiger partial charge >= 0.3 is 0 Å². The number of nitrogens with one attached hydrogen (secondary N) is 2. The second-order valence-corrected chi connectivity index (χ2v) is 6.33. The fourth-order valence-electron chi connectivity index (χ4n) is 2.50. The SMILES string of the molecule is CCn1cc(C(C)NCc2cc(-c3cccs3)n[nH]2)c(C)n1. The molecule has 3 aromatic heterocycles. The van der Waals surface area contributed by atoms with Crippen LogP contribution >= 0.6 is 11.3 Å². The Labute approximate surface area is 134 Å². The third-order valence-electron chi connectivity index (χ3n) is 3.78. The average Bonchev–Trinajstić information content (AvgIpc) is 3.24. The molecule has 3 heterocycles. The summed E-state index contributed by atoms with van der Waals surface area (Å²) in [5.41, 5.74) is 4.44. The molecular weight excluding hydrogens is 294 g/mol. The zero-order valence-corrected chi connectivity index (χ0v) is 13.9. The molecule has 0 radical (unpaired) electrons. The van der Waals surface area contributed by atoms with Gasteiger partial charge in [0.1, 0.15) is 5.69 Å². The minimum atomic E-state index is 0.258. The molecule has 0 aliphatic carbocycles. The molecule has 0 saturated heterocycles. The van der Waals surface area contributed by atoms with E-state index in [4.69, 9.17) is 0 Å². The normalized spacial score (nSPS) is 12.7. The van der Waals surface area contributed by atoms with Crippen molar-refractivity contribution in [2.75, 3.05) is 0 Å². The Morgan fingerprint density at radius 2 is 2.32 bits per heavy atom. The largest absolute Gasteiger partial charge is 0.304 e. The number of nitrogens with zero attached hydrogens (tertiary/aromatic N) is 3. The van der Waals surface area contributed by atoms with Crippen molar-refractivity contribution in [3.8, 4) is 10.6 Å². The third kappa shape index (κ3) is 3.13. The van der Waals surface area contributed by atoms with E-state index < -0.39 is 0 Å². The van der Waals surface area contributed by atoms with E-state index in [1.807, 2.05) is 10.7 Å². The molecule has 116 valence electrons. The molecule has 2 N–H and O–H groups in total. The monoisotopic (exact) mass is 315 g/mol. The van der Waals surface area contributed by atoms with E-state index in [0.29, 0.717) is 0 Å². The highest BCUT2D eigenvalue weighted by molar-refractivity contribution is 7.13. The first-order chi connectivity index (χ1) is 10.7. The first kappa shape index (κ1) is 15.0. The molecule has 3 aromatic rings. The van der Waals surface area contributed by atoms with Crippen LogP contribution in [0.15, 0.2) is 29.8 Å². The lowest BCUT2D eigenvalue weighted by molar-refractivity contribution is 0.564. The molecule has 0 saturated carbocycles. The van der Waals surface area contributed by atoms with Gasteiger partial charge in [0.05, 0.1) is 10.6 Å². The predicted octanol–water partition coefficient (Wildman–Crippen LogP) is 3.51. The number of H-pyrrole nitrogens is 1. The number of thiophene rings is 1. The van der Waals surface area contributed by atoms with Gasteiger partial charge in [0, 0.05) is 36.6 Å². The second kappa shape index (κ2) is 6.46. The summed E-state index contributed by atoms with van der Waals surface area (Å²) < 4.78 is 1.98. The second-order valence-electron chi connectivity index (χ2n) is 5.38. The number of hydrogen-bond acceptors (Lipinski definition) is 4. The van der Waals surface area contributed by atoms with Crippen molar-refractivity contribution in [1.29, 1.82) is 0 Å². The maximum atomic E-state index is 4.50. The highest BCUT2D eigenvalue weighted by Gasteiger charge is 2.12. The fourth-order valence-corrected chi connectivity index (χ4v) is 3.18. The standard InChI is InChI=1S/C16H21N5S/c1-4-21-10-14(12(3)20-21)11(2)17-9-13-8-15(19-18-13)16-6-5-7-22-16/h5-8,10-11,17H,4,9H2,1-3H3,(H,18,19). The van der Waals surface area contributed by atoms with Gasteiger partial charge in [0.25, 0.3) is 0 Å². The van der Waals surface area contributed by atoms with Gasteiger partial charge in [0.2, 0.25) is 0 Å². The van der Waals surface area contributed by atoms with Crippen molar-refractivity contribution in [3.05, 3.63) is 46.7 Å². The fraction of sp³-hybridized carbons (Fsp3) is 0.375. The summed E-state index contributed by atoms with van der Waals surface area (Å²) in [4.78, 5) is 1.19. The first-order valence-corrected chi connectivity index (χ1v) is 8.41. The van der Waals surface area contributed by atoms with E-state index in [9.17, 15) is 0 Å². The van der Waals surface area contributed by atoms with Gasteiger partial charge in [-0.15, -0.1) is 11.3 Å². The summed E-state index contributed by atoms with van der Waals surface area (Å²) in [6.45, 7) is 7.99. The molecule has 0 fully saturated rings. The van der Waals surface area contributed by atoms with Crippen LogP contribution in [0.5, 0.6) is 0 Å². The Bertz CT molecular complexity index is 726. The highest BCUT2D eigenvalue weighted by atomic mass is 32.1. The molecule has 3 rings (SSSR count). The number of aromatic nitrogens is 4. The van der Waals surface area contributed by atoms with Gasteiger partial charge in [-0.05, 0) is 38.3 Å². The van der Waals surface area contributed by atoms with Crippen molar-refractivity contribution >= 4 is 11.3 Å². The molecule has 0 aromatic carbocycles. The van der Waals surface area contributed by atoms with Crippen molar-refractivity contribution in [3.63, 3.8) is 0 Å². The summed E-state index contributed by atoms with van der Waals surface area (Å²) >= 11 is 1.70. The summed E-state index contributed by atoms with van der Waals surface area (Å²) in [7, 11) is 0. The molecule has 1 unspecified atom stereocenters. The maximum absolute atomic E-state index is 4.50. The summed E-state index contributed by atoms with van der Waals surface area (Å²) in [6.07, 6.45) is 2.12. The quantitative estimate of drug-likeness (QED) is 0.732. The lowest BCUT2D eigenvalue weighted by Crippen LogP contribution is -2.18. The van der Waals surface area contributed by atoms with Crippen molar-refractivity contribution in [2.24, 2.45) is 0 Å². The highest BCUT2D eigenvalue weighted by Crippen LogP contribution is 2.23. The van der Waals surface area contributed by atoms with E-state index >= 15 is 0 Å². The van der Waals surface area contributed by atoms with E-state index in [2.05, 4.69) is 65.1 Å². The van der Waals surface area contributed by atoms with Gasteiger partial charge in [-0.2, -0.15) is 10.2 Å². The molecule has 22 heavy (non-hydrogen) atoms. The maximum Gasteiger partial charge on any atom is 0.102 e. The smallest absolute Gasteiger partial charge is 0.102 e. The number of aryl methyl sites for hydroxylation is 2. The molecule has 0 bridgehead atoms. The zero-order chi connectivity index (χ0) is 15.5. The van der Waals surface area contributed by atoms with Crippen LogP contribution in [0.1, 0.15) is 36.8 Å². The zero-order valence-electron chi connectivity index (χ0n) is 13.1. The molecule has 6 heteroatoms. The van der Waals surface area contributed by atoms with Gasteiger partial charge in [-0.3, -0.25) is 9.78 Å². The molecule has 0 aliphatic rings. The number of aromatic amines is 1. The van der Waals surface area contributed by atoms with Crippen LogP contribution < -0.4 is 5.32 Å². The Morgan fingerprint density at radius 3 is 3.00 bits per heavy atom. The minimum Gasteiger partial charge on any atom is -0.304 e. The Hall–Kier alpha value is -1.92. The van der Waals surface area contributed by atoms with Crippen LogP contribution in [-0.2, 0) is 13.1 Å². The third-order valence-corrected chi connectivity index (χ3v) is 4.67. The Balaban J connectivity index is 1.63. The summed E-state index contributed by atoms with van der Waals surface area (Å²) in [5, 5.41) is 17.6. The van der Waals surface area contributed by atoms with E-state index in [0.717, 1.165) is 30.2 Å². The van der Waals surface area contributed by atoms with Gasteiger partial charge in [-0.1, -0.05) is 6.07 Å². The first-order valence-electron chi connectivity index (χ1n) is 7.53. The number of rotatable bonds is 6. The molecule has 0 spiro atoms. The van der Waals surface area contributed by atoms with Crippen LogP contribution in [-0.4, -0.2) is 20.0 Å². The molecular formula is C16H21N5S. The van der Waals surface area contributed by atoms with Gasteiger partial charge < -0.3 is 5.32 Å². The minimum absolute atomic E-state index is 0.258. The van der Waals surface area contributed by atoms with Crippen molar-refractivity contribution in [1.82, 2.24) is 25.3 Å². The Kier molecular flexibility index (Phi) is 4.40. The van der Waals surface area contributed by atoms with E-state index in [1.54, 1.807) is 11.3 Å². The molecule has 0 amide bonds. The molecule has 1 atom stereocenters. The van der Waals surface area contributed by atoms with Crippen LogP contribution in [0.2, 0.25) is 0 Å². The topological polar surface area (TPSA) is 58.5 Å². The lowest BCUT2D eigenvalue weighted by Gasteiger charge is -2.12. The number of hydrogen-bond donors (Lipinski definition) is 2. The Morgan fingerprint density at radius 1 is 1.45 bits per heavy atom. The summed E-state index contributed by atoms with van der Waals surface area (Å²) in [6, 6.07) is 6.49. The van der Waals surface area contributed by atoms with Gasteiger partial charge in [0.15, 0.2) is 0 Å². The van der Waals surface area contributed by atoms with E-state index in [1.165, 1.54) is 10.4 Å². The van der Waals surface area contributed by atoms with Crippen LogP contribution in [0.25, 0.3) is 10.6 Å². The predicted molar refractivity (Wildman–Crippen MR) is 89.8 cm³/mol. The van der Waals surface area contributed by atoms with Crippen LogP contribution in [0.4, 0.5) is 0 Å². The van der Waals surface area contributed by atoms with Gasteiger partial charge in [-0.25, -0.2) is 0 Å². The van der Waals surface area contributed by atoms with E-state index in [-0.39, 0.29) is 6.04 Å². The summed E-state index contributed by atoms with van der Waals surface area (Å²) in [5.74, 6) is 0. The lowest BCUT2D eigenvalue weighted by atomic mass is 10.1. The molecule has 5 nitrogen and oxygen atoms in total. The average molecular weight is 315 g/mol. The van der Waals surface area contributed by atoms with Crippen molar-refractivity contribution < 1.29 is 0 Å².